The van der Waals surface area contributed by atoms with Crippen LogP contribution in [0.1, 0.15) is 13.0 Å². The van der Waals surface area contributed by atoms with E-state index in [9.17, 15) is 9.59 Å². The van der Waals surface area contributed by atoms with Crippen molar-refractivity contribution >= 4 is 16.8 Å². The molecule has 3 rings (SSSR count). The minimum atomic E-state index is -0.645. The molecule has 0 N–H and O–H groups in total. The van der Waals surface area contributed by atoms with E-state index in [1.165, 1.54) is 4.68 Å². The topological polar surface area (TPSA) is 71.3 Å². The number of benzene rings is 1. The van der Waals surface area contributed by atoms with Crippen molar-refractivity contribution in [2.24, 2.45) is 0 Å². The maximum absolute atomic E-state index is 12.6. The van der Waals surface area contributed by atoms with Crippen molar-refractivity contribution in [3.63, 3.8) is 0 Å². The fraction of sp³-hybridized carbons (Fsp3) is 0.467. The molecule has 1 amide bonds. The second-order valence-electron chi connectivity index (χ2n) is 5.66. The minimum absolute atomic E-state index is 0.0835. The third-order valence-electron chi connectivity index (χ3n) is 4.13. The van der Waals surface area contributed by atoms with Gasteiger partial charge in [-0.15, -0.1) is 5.10 Å². The molecule has 116 valence electrons. The summed E-state index contributed by atoms with van der Waals surface area (Å²) in [6.07, 6.45) is 0. The van der Waals surface area contributed by atoms with E-state index in [0.717, 1.165) is 13.1 Å². The summed E-state index contributed by atoms with van der Waals surface area (Å²) in [5, 5.41) is 8.45. The molecule has 1 aromatic heterocycles. The molecule has 0 spiro atoms. The lowest BCUT2D eigenvalue weighted by atomic mass is 10.2. The molecule has 0 unspecified atom stereocenters. The van der Waals surface area contributed by atoms with Crippen LogP contribution in [0, 0.1) is 0 Å². The van der Waals surface area contributed by atoms with Crippen LogP contribution in [0.2, 0.25) is 0 Å². The Kier molecular flexibility index (Phi) is 3.89. The van der Waals surface area contributed by atoms with Gasteiger partial charge in [-0.1, -0.05) is 17.3 Å². The van der Waals surface area contributed by atoms with Gasteiger partial charge in [0.05, 0.1) is 5.39 Å². The Morgan fingerprint density at radius 3 is 2.59 bits per heavy atom. The van der Waals surface area contributed by atoms with Gasteiger partial charge in [-0.25, -0.2) is 0 Å². The summed E-state index contributed by atoms with van der Waals surface area (Å²) in [6, 6.07) is 6.38. The van der Waals surface area contributed by atoms with Crippen LogP contribution in [0.4, 0.5) is 0 Å². The van der Waals surface area contributed by atoms with Crippen LogP contribution in [-0.4, -0.2) is 63.9 Å². The molecule has 7 nitrogen and oxygen atoms in total. The Morgan fingerprint density at radius 1 is 1.18 bits per heavy atom. The first-order valence-corrected chi connectivity index (χ1v) is 7.39. The van der Waals surface area contributed by atoms with E-state index < -0.39 is 6.04 Å². The lowest BCUT2D eigenvalue weighted by Gasteiger charge is -2.33. The summed E-state index contributed by atoms with van der Waals surface area (Å²) in [4.78, 5) is 29.0. The number of carbonyl (C=O) groups excluding carboxylic acids is 1. The van der Waals surface area contributed by atoms with Crippen LogP contribution in [0.3, 0.4) is 0 Å². The maximum atomic E-state index is 12.6. The highest BCUT2D eigenvalue weighted by molar-refractivity contribution is 5.81. The van der Waals surface area contributed by atoms with Gasteiger partial charge >= 0.3 is 0 Å². The molecular weight excluding hydrogens is 282 g/mol. The molecule has 2 heterocycles. The molecule has 1 saturated heterocycles. The molecule has 2 aromatic rings. The highest BCUT2D eigenvalue weighted by Gasteiger charge is 2.26. The van der Waals surface area contributed by atoms with Crippen LogP contribution in [-0.2, 0) is 4.79 Å². The Morgan fingerprint density at radius 2 is 1.86 bits per heavy atom. The molecule has 1 aliphatic rings. The van der Waals surface area contributed by atoms with Crippen LogP contribution in [0.15, 0.2) is 29.1 Å². The Bertz CT molecular complexity index is 749. The quantitative estimate of drug-likeness (QED) is 0.788. The summed E-state index contributed by atoms with van der Waals surface area (Å²) < 4.78 is 1.18. The van der Waals surface area contributed by atoms with Gasteiger partial charge in [0, 0.05) is 26.2 Å². The monoisotopic (exact) mass is 301 g/mol. The number of hydrogen-bond donors (Lipinski definition) is 0. The zero-order valence-corrected chi connectivity index (χ0v) is 12.8. The number of amides is 1. The average Bonchev–Trinajstić information content (AvgIpc) is 2.55. The molecule has 0 radical (unpaired) electrons. The Hall–Kier alpha value is -2.28. The molecule has 1 atom stereocenters. The largest absolute Gasteiger partial charge is 0.338 e. The van der Waals surface area contributed by atoms with Gasteiger partial charge < -0.3 is 9.80 Å². The molecule has 1 aliphatic heterocycles. The lowest BCUT2D eigenvalue weighted by molar-refractivity contribution is -0.136. The van der Waals surface area contributed by atoms with Crippen molar-refractivity contribution in [2.45, 2.75) is 13.0 Å². The standard InChI is InChI=1S/C15H19N5O2/c1-11(14(21)19-9-7-18(2)8-10-19)20-15(22)12-5-3-4-6-13(12)16-17-20/h3-6,11H,7-10H2,1-2H3/t11-/m0/s1. The van der Waals surface area contributed by atoms with E-state index in [0.29, 0.717) is 24.0 Å². The van der Waals surface area contributed by atoms with Crippen molar-refractivity contribution < 1.29 is 4.79 Å². The number of aromatic nitrogens is 3. The molecule has 22 heavy (non-hydrogen) atoms. The van der Waals surface area contributed by atoms with Crippen LogP contribution >= 0.6 is 0 Å². The van der Waals surface area contributed by atoms with Crippen molar-refractivity contribution in [2.75, 3.05) is 33.2 Å². The first-order chi connectivity index (χ1) is 10.6. The molecule has 0 aliphatic carbocycles. The van der Waals surface area contributed by atoms with E-state index in [4.69, 9.17) is 0 Å². The number of carbonyl (C=O) groups is 1. The predicted octanol–water partition coefficient (Wildman–Crippen LogP) is 0.126. The van der Waals surface area contributed by atoms with Gasteiger partial charge in [0.2, 0.25) is 5.91 Å². The van der Waals surface area contributed by atoms with E-state index in [2.05, 4.69) is 15.2 Å². The first-order valence-electron chi connectivity index (χ1n) is 7.39. The second-order valence-corrected chi connectivity index (χ2v) is 5.66. The first kappa shape index (κ1) is 14.6. The van der Waals surface area contributed by atoms with Gasteiger partial charge in [-0.3, -0.25) is 9.59 Å². The average molecular weight is 301 g/mol. The molecule has 1 aromatic carbocycles. The van der Waals surface area contributed by atoms with Gasteiger partial charge in [-0.2, -0.15) is 4.68 Å². The number of nitrogens with zero attached hydrogens (tertiary/aromatic N) is 5. The molecular formula is C15H19N5O2. The van der Waals surface area contributed by atoms with Gasteiger partial charge in [0.1, 0.15) is 11.6 Å². The van der Waals surface area contributed by atoms with E-state index >= 15 is 0 Å². The van der Waals surface area contributed by atoms with E-state index in [1.807, 2.05) is 7.05 Å². The maximum Gasteiger partial charge on any atom is 0.278 e. The smallest absolute Gasteiger partial charge is 0.278 e. The zero-order chi connectivity index (χ0) is 15.7. The molecule has 0 saturated carbocycles. The number of hydrogen-bond acceptors (Lipinski definition) is 5. The Labute approximate surface area is 128 Å². The zero-order valence-electron chi connectivity index (χ0n) is 12.8. The van der Waals surface area contributed by atoms with Crippen molar-refractivity contribution in [1.82, 2.24) is 24.8 Å². The highest BCUT2D eigenvalue weighted by atomic mass is 16.2. The number of rotatable bonds is 2. The second kappa shape index (κ2) is 5.84. The minimum Gasteiger partial charge on any atom is -0.338 e. The summed E-state index contributed by atoms with van der Waals surface area (Å²) in [7, 11) is 2.03. The van der Waals surface area contributed by atoms with Crippen LogP contribution in [0.5, 0.6) is 0 Å². The van der Waals surface area contributed by atoms with Gasteiger partial charge in [-0.05, 0) is 26.1 Å². The summed E-state index contributed by atoms with van der Waals surface area (Å²) >= 11 is 0. The predicted molar refractivity (Wildman–Crippen MR) is 82.6 cm³/mol. The Balaban J connectivity index is 1.88. The normalized spacial score (nSPS) is 17.6. The number of fused-ring (bicyclic) bond motifs is 1. The SMILES string of the molecule is C[C@@H](C(=O)N1CCN(C)CC1)n1nnc2ccccc2c1=O. The molecule has 0 bridgehead atoms. The number of likely N-dealkylation sites (N-methyl/N-ethyl adjacent to an activating group) is 1. The summed E-state index contributed by atoms with van der Waals surface area (Å²) in [6.45, 7) is 4.74. The fourth-order valence-electron chi connectivity index (χ4n) is 2.65. The van der Waals surface area contributed by atoms with Crippen molar-refractivity contribution in [3.8, 4) is 0 Å². The van der Waals surface area contributed by atoms with Crippen molar-refractivity contribution in [3.05, 3.63) is 34.6 Å². The van der Waals surface area contributed by atoms with E-state index in [-0.39, 0.29) is 11.5 Å². The number of piperazine rings is 1. The van der Waals surface area contributed by atoms with Crippen LogP contribution < -0.4 is 5.56 Å². The van der Waals surface area contributed by atoms with Crippen molar-refractivity contribution in [1.29, 1.82) is 0 Å². The van der Waals surface area contributed by atoms with E-state index in [1.54, 1.807) is 36.1 Å². The third-order valence-corrected chi connectivity index (χ3v) is 4.13. The highest BCUT2D eigenvalue weighted by Crippen LogP contribution is 2.11. The molecule has 7 heteroatoms. The van der Waals surface area contributed by atoms with Crippen LogP contribution in [0.25, 0.3) is 10.9 Å². The van der Waals surface area contributed by atoms with Gasteiger partial charge in [0.25, 0.3) is 5.56 Å². The summed E-state index contributed by atoms with van der Waals surface area (Å²) in [5.74, 6) is -0.0835. The summed E-state index contributed by atoms with van der Waals surface area (Å²) in [5.41, 5.74) is 0.267. The fourth-order valence-corrected chi connectivity index (χ4v) is 2.65. The third kappa shape index (κ3) is 2.59. The molecule has 1 fully saturated rings. The van der Waals surface area contributed by atoms with Gasteiger partial charge in [0.15, 0.2) is 0 Å². The lowest BCUT2D eigenvalue weighted by Crippen LogP contribution is -2.50.